The van der Waals surface area contributed by atoms with Crippen LogP contribution in [0.2, 0.25) is 15.5 Å². The lowest BCUT2D eigenvalue weighted by molar-refractivity contribution is 0.580. The summed E-state index contributed by atoms with van der Waals surface area (Å²) in [5.41, 5.74) is 0.983. The third-order valence-corrected chi connectivity index (χ3v) is 2.75. The van der Waals surface area contributed by atoms with Crippen LogP contribution in [0.5, 0.6) is 0 Å². The smallest absolute Gasteiger partial charge is 0.149 e. The molecule has 0 unspecified atom stereocenters. The Morgan fingerprint density at radius 1 is 0.850 bits per heavy atom. The van der Waals surface area contributed by atoms with E-state index < -0.39 is 0 Å². The SMILES string of the molecule is CC(C)CCc1cncc(Cl)n1.Clc1cncc(Cl)n1. The predicted molar refractivity (Wildman–Crippen MR) is 82.3 cm³/mol. The fourth-order valence-electron chi connectivity index (χ4n) is 1.26. The number of rotatable bonds is 3. The average molecular weight is 334 g/mol. The van der Waals surface area contributed by atoms with E-state index in [1.165, 1.54) is 12.4 Å². The monoisotopic (exact) mass is 332 g/mol. The molecule has 2 aromatic heterocycles. The van der Waals surface area contributed by atoms with Crippen molar-refractivity contribution in [2.45, 2.75) is 26.7 Å². The van der Waals surface area contributed by atoms with Crippen molar-refractivity contribution in [3.8, 4) is 0 Å². The maximum absolute atomic E-state index is 5.69. The van der Waals surface area contributed by atoms with Gasteiger partial charge < -0.3 is 0 Å². The Morgan fingerprint density at radius 3 is 1.75 bits per heavy atom. The van der Waals surface area contributed by atoms with E-state index in [4.69, 9.17) is 34.8 Å². The predicted octanol–water partition coefficient (Wildman–Crippen LogP) is 4.50. The minimum Gasteiger partial charge on any atom is -0.260 e. The normalized spacial score (nSPS) is 10.1. The lowest BCUT2D eigenvalue weighted by Gasteiger charge is -2.02. The number of nitrogens with zero attached hydrogens (tertiary/aromatic N) is 4. The van der Waals surface area contributed by atoms with Gasteiger partial charge >= 0.3 is 0 Å². The summed E-state index contributed by atoms with van der Waals surface area (Å²) in [6, 6.07) is 0. The molecule has 0 aromatic carbocycles. The first-order chi connectivity index (χ1) is 9.47. The highest BCUT2D eigenvalue weighted by atomic mass is 35.5. The maximum atomic E-state index is 5.69. The van der Waals surface area contributed by atoms with Crippen LogP contribution in [0.15, 0.2) is 24.8 Å². The zero-order valence-corrected chi connectivity index (χ0v) is 13.5. The molecular formula is C13H15Cl3N4. The zero-order valence-electron chi connectivity index (χ0n) is 11.2. The molecule has 0 aliphatic rings. The van der Waals surface area contributed by atoms with Crippen molar-refractivity contribution in [3.63, 3.8) is 0 Å². The van der Waals surface area contributed by atoms with Crippen molar-refractivity contribution in [2.24, 2.45) is 5.92 Å². The Hall–Kier alpha value is -0.970. The Morgan fingerprint density at radius 2 is 1.35 bits per heavy atom. The highest BCUT2D eigenvalue weighted by molar-refractivity contribution is 6.32. The molecule has 0 saturated heterocycles. The van der Waals surface area contributed by atoms with Gasteiger partial charge in [-0.1, -0.05) is 48.7 Å². The Labute approximate surface area is 133 Å². The quantitative estimate of drug-likeness (QED) is 0.829. The van der Waals surface area contributed by atoms with Gasteiger partial charge in [-0.2, -0.15) is 0 Å². The Kier molecular flexibility index (Phi) is 7.73. The third-order valence-electron chi connectivity index (χ3n) is 2.21. The van der Waals surface area contributed by atoms with Crippen LogP contribution in [0.4, 0.5) is 0 Å². The molecule has 0 radical (unpaired) electrons. The molecular weight excluding hydrogens is 319 g/mol. The molecule has 4 nitrogen and oxygen atoms in total. The van der Waals surface area contributed by atoms with Gasteiger partial charge in [-0.05, 0) is 18.8 Å². The van der Waals surface area contributed by atoms with Gasteiger partial charge in [-0.25, -0.2) is 9.97 Å². The molecule has 0 fully saturated rings. The molecule has 2 heterocycles. The van der Waals surface area contributed by atoms with Crippen LogP contribution in [0, 0.1) is 5.92 Å². The number of hydrogen-bond donors (Lipinski definition) is 0. The first kappa shape index (κ1) is 17.1. The van der Waals surface area contributed by atoms with Crippen LogP contribution in [-0.4, -0.2) is 19.9 Å². The van der Waals surface area contributed by atoms with Gasteiger partial charge in [0.2, 0.25) is 0 Å². The molecule has 0 spiro atoms. The number of hydrogen-bond acceptors (Lipinski definition) is 4. The molecule has 0 saturated carbocycles. The second kappa shape index (κ2) is 9.06. The Bertz CT molecular complexity index is 517. The van der Waals surface area contributed by atoms with Crippen molar-refractivity contribution in [2.75, 3.05) is 0 Å². The van der Waals surface area contributed by atoms with Crippen LogP contribution in [0.3, 0.4) is 0 Å². The molecule has 0 bridgehead atoms. The van der Waals surface area contributed by atoms with Crippen LogP contribution in [0.1, 0.15) is 26.0 Å². The molecule has 0 N–H and O–H groups in total. The van der Waals surface area contributed by atoms with Crippen LogP contribution in [-0.2, 0) is 6.42 Å². The summed E-state index contributed by atoms with van der Waals surface area (Å²) < 4.78 is 0. The zero-order chi connectivity index (χ0) is 15.0. The molecule has 0 amide bonds. The first-order valence-corrected chi connectivity index (χ1v) is 7.20. The van der Waals surface area contributed by atoms with Gasteiger partial charge in [0.25, 0.3) is 0 Å². The minimum absolute atomic E-state index is 0.317. The van der Waals surface area contributed by atoms with Crippen LogP contribution >= 0.6 is 34.8 Å². The van der Waals surface area contributed by atoms with Crippen molar-refractivity contribution in [3.05, 3.63) is 45.9 Å². The summed E-state index contributed by atoms with van der Waals surface area (Å²) in [7, 11) is 0. The van der Waals surface area contributed by atoms with E-state index >= 15 is 0 Å². The van der Waals surface area contributed by atoms with E-state index in [9.17, 15) is 0 Å². The van der Waals surface area contributed by atoms with Crippen molar-refractivity contribution in [1.82, 2.24) is 19.9 Å². The van der Waals surface area contributed by atoms with Crippen LogP contribution < -0.4 is 0 Å². The largest absolute Gasteiger partial charge is 0.260 e. The molecule has 2 rings (SSSR count). The highest BCUT2D eigenvalue weighted by Crippen LogP contribution is 2.08. The number of halogens is 3. The van der Waals surface area contributed by atoms with Gasteiger partial charge in [0.1, 0.15) is 15.5 Å². The topological polar surface area (TPSA) is 51.6 Å². The Balaban J connectivity index is 0.000000217. The molecule has 2 aromatic rings. The van der Waals surface area contributed by atoms with E-state index in [1.807, 2.05) is 0 Å². The lowest BCUT2D eigenvalue weighted by Crippen LogP contribution is -1.95. The van der Waals surface area contributed by atoms with E-state index in [1.54, 1.807) is 12.4 Å². The maximum Gasteiger partial charge on any atom is 0.149 e. The van der Waals surface area contributed by atoms with Crippen molar-refractivity contribution in [1.29, 1.82) is 0 Å². The van der Waals surface area contributed by atoms with Gasteiger partial charge in [0.05, 0.1) is 24.3 Å². The summed E-state index contributed by atoms with van der Waals surface area (Å²) in [5, 5.41) is 1.12. The highest BCUT2D eigenvalue weighted by Gasteiger charge is 1.98. The molecule has 7 heteroatoms. The summed E-state index contributed by atoms with van der Waals surface area (Å²) in [6.07, 6.45) is 8.27. The second-order valence-electron chi connectivity index (χ2n) is 4.43. The molecule has 108 valence electrons. The van der Waals surface area contributed by atoms with Crippen molar-refractivity contribution < 1.29 is 0 Å². The first-order valence-electron chi connectivity index (χ1n) is 6.07. The van der Waals surface area contributed by atoms with Gasteiger partial charge in [-0.15, -0.1) is 0 Å². The summed E-state index contributed by atoms with van der Waals surface area (Å²) in [6.45, 7) is 4.38. The number of aryl methyl sites for hydroxylation is 1. The molecule has 0 atom stereocenters. The third kappa shape index (κ3) is 7.58. The lowest BCUT2D eigenvalue weighted by atomic mass is 10.1. The van der Waals surface area contributed by atoms with Gasteiger partial charge in [0, 0.05) is 6.20 Å². The van der Waals surface area contributed by atoms with Crippen molar-refractivity contribution >= 4 is 34.8 Å². The van der Waals surface area contributed by atoms with E-state index in [-0.39, 0.29) is 0 Å². The van der Waals surface area contributed by atoms with E-state index in [2.05, 4.69) is 33.8 Å². The molecule has 0 aliphatic carbocycles. The fraction of sp³-hybridized carbons (Fsp3) is 0.385. The standard InChI is InChI=1S/C9H13ClN2.C4H2Cl2N2/c1-7(2)3-4-8-5-11-6-9(10)12-8;5-3-1-7-2-4(6)8-3/h5-7H,3-4H2,1-2H3;1-2H. The van der Waals surface area contributed by atoms with Gasteiger partial charge in [0.15, 0.2) is 0 Å². The second-order valence-corrected chi connectivity index (χ2v) is 5.59. The minimum atomic E-state index is 0.317. The molecule has 20 heavy (non-hydrogen) atoms. The molecule has 0 aliphatic heterocycles. The van der Waals surface area contributed by atoms with Crippen LogP contribution in [0.25, 0.3) is 0 Å². The summed E-state index contributed by atoms with van der Waals surface area (Å²) in [5.74, 6) is 0.700. The fourth-order valence-corrected chi connectivity index (χ4v) is 1.76. The van der Waals surface area contributed by atoms with E-state index in [0.29, 0.717) is 21.4 Å². The average Bonchev–Trinajstić information content (AvgIpc) is 2.37. The van der Waals surface area contributed by atoms with E-state index in [0.717, 1.165) is 18.5 Å². The summed E-state index contributed by atoms with van der Waals surface area (Å²) >= 11 is 16.5. The number of aromatic nitrogens is 4. The summed E-state index contributed by atoms with van der Waals surface area (Å²) in [4.78, 5) is 15.4. The van der Waals surface area contributed by atoms with Gasteiger partial charge in [-0.3, -0.25) is 9.97 Å².